The predicted octanol–water partition coefficient (Wildman–Crippen LogP) is 2.48. The van der Waals surface area contributed by atoms with Crippen LogP contribution in [0, 0.1) is 5.41 Å². The molecule has 0 saturated heterocycles. The molecule has 0 rings (SSSR count). The first kappa shape index (κ1) is 32.3. The van der Waals surface area contributed by atoms with Crippen molar-refractivity contribution in [1.29, 1.82) is 0 Å². The van der Waals surface area contributed by atoms with Gasteiger partial charge in [0, 0.05) is 31.1 Å². The fraction of sp³-hybridized carbons (Fsp3) is 0.792. The van der Waals surface area contributed by atoms with Gasteiger partial charge in [-0.3, -0.25) is 24.1 Å². The number of hydrogen-bond acceptors (Lipinski definition) is 6. The van der Waals surface area contributed by atoms with E-state index in [2.05, 4.69) is 0 Å². The lowest BCUT2D eigenvalue weighted by Crippen LogP contribution is -2.42. The van der Waals surface area contributed by atoms with Crippen molar-refractivity contribution in [2.75, 3.05) is 19.6 Å². The molecule has 0 unspecified atom stereocenters. The van der Waals surface area contributed by atoms with E-state index in [9.17, 15) is 24.0 Å². The van der Waals surface area contributed by atoms with Gasteiger partial charge in [-0.2, -0.15) is 0 Å². The van der Waals surface area contributed by atoms with Gasteiger partial charge >= 0.3 is 0 Å². The molecule has 0 N–H and O–H groups in total. The number of carbonyl (C=O) groups is 5. The molecule has 0 fully saturated rings. The average Bonchev–Trinajstić information content (AvgIpc) is 2.74. The van der Waals surface area contributed by atoms with Gasteiger partial charge in [-0.25, -0.2) is 0 Å². The van der Waals surface area contributed by atoms with Crippen LogP contribution in [0.3, 0.4) is 0 Å². The smallest absolute Gasteiger partial charge is 0.211 e. The summed E-state index contributed by atoms with van der Waals surface area (Å²) < 4.78 is 0.454. The third-order valence-electron chi connectivity index (χ3n) is 5.53. The highest BCUT2D eigenvalue weighted by molar-refractivity contribution is 6.34. The molecule has 184 valence electrons. The van der Waals surface area contributed by atoms with Crippen LogP contribution in [0.4, 0.5) is 0 Å². The van der Waals surface area contributed by atoms with Crippen molar-refractivity contribution in [2.45, 2.75) is 97.7 Å². The van der Waals surface area contributed by atoms with Crippen LogP contribution >= 0.6 is 0 Å². The summed E-state index contributed by atoms with van der Waals surface area (Å²) in [5.74, 6) is -0.501. The van der Waals surface area contributed by atoms with E-state index in [-0.39, 0.29) is 54.5 Å². The topological polar surface area (TPSA) is 91.8 Å². The zero-order chi connectivity index (χ0) is 26.1. The van der Waals surface area contributed by atoms with Gasteiger partial charge in [-0.15, -0.1) is 0 Å². The van der Waals surface area contributed by atoms with E-state index in [1.54, 1.807) is 0 Å². The van der Waals surface area contributed by atoms with Crippen molar-refractivity contribution in [2.24, 2.45) is 5.41 Å². The van der Waals surface area contributed by atoms with Crippen LogP contribution < -0.4 is 0 Å². The lowest BCUT2D eigenvalue weighted by atomic mass is 9.88. The van der Waals surface area contributed by atoms with E-state index in [1.165, 1.54) is 4.90 Å². The maximum Gasteiger partial charge on any atom is 0.211 e. The van der Waals surface area contributed by atoms with E-state index in [1.807, 2.05) is 20.8 Å². The van der Waals surface area contributed by atoms with Gasteiger partial charge in [-0.05, 0) is 32.0 Å². The van der Waals surface area contributed by atoms with Gasteiger partial charge in [0.25, 0.3) is 0 Å². The van der Waals surface area contributed by atoms with Gasteiger partial charge in [0.2, 0.25) is 21.9 Å². The molecule has 10 heteroatoms. The number of unbranched alkanes of at least 4 members (excludes halogenated alkanes) is 5. The van der Waals surface area contributed by atoms with E-state index in [0.717, 1.165) is 25.7 Å². The quantitative estimate of drug-likeness (QED) is 0.202. The number of hydrogen-bond donors (Lipinski definition) is 0. The molecule has 0 aliphatic carbocycles. The van der Waals surface area contributed by atoms with Crippen LogP contribution in [-0.4, -0.2) is 82.1 Å². The Balaban J connectivity index is 4.38. The first-order chi connectivity index (χ1) is 15.9. The van der Waals surface area contributed by atoms with Gasteiger partial charge < -0.3 is 9.52 Å². The van der Waals surface area contributed by atoms with E-state index in [4.69, 9.17) is 23.8 Å². The lowest BCUT2D eigenvalue weighted by Gasteiger charge is -2.23. The van der Waals surface area contributed by atoms with Crippen LogP contribution in [0.1, 0.15) is 91.4 Å². The lowest BCUT2D eigenvalue weighted by molar-refractivity contribution is -0.128. The number of nitrogens with zero attached hydrogens (tertiary/aromatic N) is 2. The number of Topliss-reactive ketones (excluding diaryl/α,β-unsaturated/α-hetero) is 4. The monoisotopic (exact) mass is 468 g/mol. The summed E-state index contributed by atoms with van der Waals surface area (Å²) in [4.78, 5) is 61.3. The molecule has 0 bridgehead atoms. The van der Waals surface area contributed by atoms with Crippen molar-refractivity contribution >= 4 is 52.8 Å². The fourth-order valence-electron chi connectivity index (χ4n) is 3.36. The largest absolute Gasteiger partial charge is 0.448 e. The number of ketones is 4. The van der Waals surface area contributed by atoms with Gasteiger partial charge in [0.05, 0.1) is 27.5 Å². The standard InChI is InChI=1S/C24H39B3N2O5/c1-24(2,3)22(33)14-10-5-4-7-12-20(31)16-28(18-23(34)29(26)27)17-21(32)13-9-6-8-11-19(30)15-25/h4-18H2,1-3H3. The second-order valence-electron chi connectivity index (χ2n) is 9.91. The van der Waals surface area contributed by atoms with Crippen LogP contribution in [-0.2, 0) is 24.0 Å². The van der Waals surface area contributed by atoms with Gasteiger partial charge in [-0.1, -0.05) is 40.0 Å². The molecule has 0 aliphatic heterocycles. The maximum atomic E-state index is 12.4. The SMILES string of the molecule is [B]CC(=O)CCCCCC(=O)CN(CC(=O)CCCCCCC(=O)C(C)(C)C)CC(=O)N([B])[B]. The Morgan fingerprint density at radius 2 is 1.03 bits per heavy atom. The summed E-state index contributed by atoms with van der Waals surface area (Å²) >= 11 is 0. The van der Waals surface area contributed by atoms with Crippen LogP contribution in [0.2, 0.25) is 6.32 Å². The summed E-state index contributed by atoms with van der Waals surface area (Å²) in [7, 11) is 15.8. The van der Waals surface area contributed by atoms with Gasteiger partial charge in [0.1, 0.15) is 23.1 Å². The fourth-order valence-corrected chi connectivity index (χ4v) is 3.36. The van der Waals surface area contributed by atoms with Crippen LogP contribution in [0.15, 0.2) is 0 Å². The molecule has 6 radical (unpaired) electrons. The number of carbonyl (C=O) groups excluding carboxylic acids is 5. The number of amides is 1. The van der Waals surface area contributed by atoms with Crippen molar-refractivity contribution in [3.63, 3.8) is 0 Å². The minimum Gasteiger partial charge on any atom is -0.448 e. The van der Waals surface area contributed by atoms with Crippen LogP contribution in [0.5, 0.6) is 0 Å². The summed E-state index contributed by atoms with van der Waals surface area (Å²) in [6, 6.07) is 0. The van der Waals surface area contributed by atoms with Crippen molar-refractivity contribution in [3.8, 4) is 0 Å². The summed E-state index contributed by atoms with van der Waals surface area (Å²) in [6.07, 6.45) is 6.91. The Bertz CT molecular complexity index is 678. The molecule has 0 aromatic heterocycles. The van der Waals surface area contributed by atoms with Gasteiger partial charge in [0.15, 0.2) is 0 Å². The molecular weight excluding hydrogens is 429 g/mol. The Kier molecular flexibility index (Phi) is 16.8. The predicted molar refractivity (Wildman–Crippen MR) is 136 cm³/mol. The van der Waals surface area contributed by atoms with Crippen molar-refractivity contribution < 1.29 is 24.0 Å². The molecular formula is C24H39B3N2O5. The molecule has 7 nitrogen and oxygen atoms in total. The van der Waals surface area contributed by atoms with Crippen molar-refractivity contribution in [1.82, 2.24) is 9.62 Å². The Hall–Kier alpha value is -1.70. The van der Waals surface area contributed by atoms with E-state index >= 15 is 0 Å². The Morgan fingerprint density at radius 3 is 1.44 bits per heavy atom. The highest BCUT2D eigenvalue weighted by atomic mass is 16.2. The maximum absolute atomic E-state index is 12.4. The third kappa shape index (κ3) is 16.8. The molecule has 0 aromatic carbocycles. The molecule has 34 heavy (non-hydrogen) atoms. The highest BCUT2D eigenvalue weighted by Crippen LogP contribution is 2.19. The van der Waals surface area contributed by atoms with E-state index < -0.39 is 5.91 Å². The first-order valence-electron chi connectivity index (χ1n) is 12.2. The first-order valence-corrected chi connectivity index (χ1v) is 12.2. The zero-order valence-electron chi connectivity index (χ0n) is 21.3. The second kappa shape index (κ2) is 17.7. The van der Waals surface area contributed by atoms with Crippen LogP contribution in [0.25, 0.3) is 0 Å². The third-order valence-corrected chi connectivity index (χ3v) is 5.53. The number of rotatable bonds is 20. The highest BCUT2D eigenvalue weighted by Gasteiger charge is 2.20. The summed E-state index contributed by atoms with van der Waals surface area (Å²) in [5.41, 5.74) is -0.319. The minimum absolute atomic E-state index is 0.000968. The molecule has 0 spiro atoms. The van der Waals surface area contributed by atoms with E-state index in [0.29, 0.717) is 49.7 Å². The molecule has 0 aliphatic rings. The zero-order valence-corrected chi connectivity index (χ0v) is 21.3. The minimum atomic E-state index is -0.593. The Morgan fingerprint density at radius 1 is 0.618 bits per heavy atom. The Labute approximate surface area is 209 Å². The molecule has 0 atom stereocenters. The molecule has 0 saturated carbocycles. The summed E-state index contributed by atoms with van der Waals surface area (Å²) in [5, 5.41) is 0. The molecule has 0 aromatic rings. The molecule has 0 heterocycles. The van der Waals surface area contributed by atoms with Crippen molar-refractivity contribution in [3.05, 3.63) is 0 Å². The molecule has 1 amide bonds. The average molecular weight is 468 g/mol. The summed E-state index contributed by atoms with van der Waals surface area (Å²) in [6.45, 7) is 5.45. The second-order valence-corrected chi connectivity index (χ2v) is 9.91. The normalized spacial score (nSPS) is 11.4.